The highest BCUT2D eigenvalue weighted by atomic mass is 15.3. The monoisotopic (exact) mass is 266 g/mol. The van der Waals surface area contributed by atoms with Crippen molar-refractivity contribution in [1.29, 1.82) is 0 Å². The van der Waals surface area contributed by atoms with Gasteiger partial charge in [0.15, 0.2) is 0 Å². The number of fused-ring (bicyclic) bond motifs is 1. The number of aryl methyl sites for hydroxylation is 2. The molecule has 0 bridgehead atoms. The van der Waals surface area contributed by atoms with Gasteiger partial charge in [-0.15, -0.1) is 0 Å². The van der Waals surface area contributed by atoms with Gasteiger partial charge in [0.1, 0.15) is 0 Å². The first kappa shape index (κ1) is 12.7. The minimum atomic E-state index is 0.794. The number of rotatable bonds is 4. The topological polar surface area (TPSA) is 42.7 Å². The summed E-state index contributed by atoms with van der Waals surface area (Å²) in [5.74, 6) is 0. The Bertz CT molecular complexity index is 730. The molecule has 0 atom stereocenters. The van der Waals surface area contributed by atoms with Gasteiger partial charge in [-0.25, -0.2) is 0 Å². The zero-order valence-corrected chi connectivity index (χ0v) is 11.8. The summed E-state index contributed by atoms with van der Waals surface area (Å²) in [6.07, 6.45) is 4.85. The molecule has 2 aromatic heterocycles. The van der Waals surface area contributed by atoms with Crippen molar-refractivity contribution in [2.24, 2.45) is 7.05 Å². The molecule has 0 amide bonds. The lowest BCUT2D eigenvalue weighted by molar-refractivity contribution is 0.746. The third kappa shape index (κ3) is 2.50. The highest BCUT2D eigenvalue weighted by Gasteiger charge is 2.05. The van der Waals surface area contributed by atoms with Crippen molar-refractivity contribution in [1.82, 2.24) is 14.8 Å². The highest BCUT2D eigenvalue weighted by Crippen LogP contribution is 2.18. The third-order valence-electron chi connectivity index (χ3n) is 3.41. The van der Waals surface area contributed by atoms with E-state index < -0.39 is 0 Å². The van der Waals surface area contributed by atoms with E-state index in [1.807, 2.05) is 30.1 Å². The van der Waals surface area contributed by atoms with Gasteiger partial charge in [0.2, 0.25) is 0 Å². The van der Waals surface area contributed by atoms with Gasteiger partial charge in [-0.1, -0.05) is 13.0 Å². The summed E-state index contributed by atoms with van der Waals surface area (Å²) in [7, 11) is 1.96. The average Bonchev–Trinajstić information content (AvgIpc) is 2.85. The Hall–Kier alpha value is -2.36. The molecule has 1 aromatic carbocycles. The van der Waals surface area contributed by atoms with Gasteiger partial charge in [0.25, 0.3) is 0 Å². The van der Waals surface area contributed by atoms with Crippen LogP contribution < -0.4 is 5.32 Å². The van der Waals surface area contributed by atoms with Crippen LogP contribution in [0.15, 0.2) is 42.7 Å². The van der Waals surface area contributed by atoms with E-state index in [9.17, 15) is 0 Å². The number of hydrogen-bond acceptors (Lipinski definition) is 3. The molecule has 0 aliphatic rings. The van der Waals surface area contributed by atoms with Gasteiger partial charge in [0.05, 0.1) is 11.2 Å². The van der Waals surface area contributed by atoms with Gasteiger partial charge in [0, 0.05) is 42.6 Å². The fourth-order valence-electron chi connectivity index (χ4n) is 2.41. The number of aromatic nitrogens is 3. The van der Waals surface area contributed by atoms with Crippen LogP contribution >= 0.6 is 0 Å². The summed E-state index contributed by atoms with van der Waals surface area (Å²) in [4.78, 5) is 4.33. The first-order valence-electron chi connectivity index (χ1n) is 6.86. The van der Waals surface area contributed by atoms with E-state index in [2.05, 4.69) is 46.7 Å². The number of nitrogens with one attached hydrogen (secondary N) is 1. The van der Waals surface area contributed by atoms with Crippen LogP contribution in [0, 0.1) is 0 Å². The quantitative estimate of drug-likeness (QED) is 0.789. The summed E-state index contributed by atoms with van der Waals surface area (Å²) in [5, 5.41) is 9.07. The first-order chi connectivity index (χ1) is 9.76. The second kappa shape index (κ2) is 5.33. The van der Waals surface area contributed by atoms with Gasteiger partial charge in [-0.05, 0) is 30.7 Å². The third-order valence-corrected chi connectivity index (χ3v) is 3.41. The van der Waals surface area contributed by atoms with Crippen LogP contribution in [-0.2, 0) is 20.0 Å². The molecule has 0 aliphatic heterocycles. The lowest BCUT2D eigenvalue weighted by Crippen LogP contribution is -2.01. The SMILES string of the molecule is CCc1nn(C)cc1CNc1ccc2ncccc2c1. The highest BCUT2D eigenvalue weighted by molar-refractivity contribution is 5.82. The van der Waals surface area contributed by atoms with Gasteiger partial charge in [-0.2, -0.15) is 5.10 Å². The van der Waals surface area contributed by atoms with Gasteiger partial charge >= 0.3 is 0 Å². The van der Waals surface area contributed by atoms with Crippen molar-refractivity contribution in [3.05, 3.63) is 54.0 Å². The molecule has 0 unspecified atom stereocenters. The Balaban J connectivity index is 1.79. The summed E-state index contributed by atoms with van der Waals surface area (Å²) >= 11 is 0. The molecule has 0 aliphatic carbocycles. The lowest BCUT2D eigenvalue weighted by atomic mass is 10.2. The maximum absolute atomic E-state index is 4.46. The zero-order chi connectivity index (χ0) is 13.9. The van der Waals surface area contributed by atoms with Crippen LogP contribution in [0.25, 0.3) is 10.9 Å². The molecular weight excluding hydrogens is 248 g/mol. The van der Waals surface area contributed by atoms with E-state index in [1.54, 1.807) is 0 Å². The maximum atomic E-state index is 4.46. The minimum absolute atomic E-state index is 0.794. The Morgan fingerprint density at radius 1 is 1.25 bits per heavy atom. The molecule has 3 rings (SSSR count). The number of pyridine rings is 1. The van der Waals surface area contributed by atoms with Crippen molar-refractivity contribution in [2.45, 2.75) is 19.9 Å². The van der Waals surface area contributed by atoms with E-state index in [-0.39, 0.29) is 0 Å². The van der Waals surface area contributed by atoms with Crippen LogP contribution in [0.5, 0.6) is 0 Å². The maximum Gasteiger partial charge on any atom is 0.0703 e. The number of hydrogen-bond donors (Lipinski definition) is 1. The molecule has 0 spiro atoms. The zero-order valence-electron chi connectivity index (χ0n) is 11.8. The lowest BCUT2D eigenvalue weighted by Gasteiger charge is -2.07. The second-order valence-corrected chi connectivity index (χ2v) is 4.89. The largest absolute Gasteiger partial charge is 0.381 e. The van der Waals surface area contributed by atoms with Crippen molar-refractivity contribution in [2.75, 3.05) is 5.32 Å². The van der Waals surface area contributed by atoms with Gasteiger partial charge < -0.3 is 5.32 Å². The summed E-state index contributed by atoms with van der Waals surface area (Å²) in [6.45, 7) is 2.93. The van der Waals surface area contributed by atoms with Crippen molar-refractivity contribution in [3.8, 4) is 0 Å². The summed E-state index contributed by atoms with van der Waals surface area (Å²) in [5.41, 5.74) is 4.54. The minimum Gasteiger partial charge on any atom is -0.381 e. The summed E-state index contributed by atoms with van der Waals surface area (Å²) in [6, 6.07) is 10.3. The second-order valence-electron chi connectivity index (χ2n) is 4.89. The van der Waals surface area contributed by atoms with Crippen LogP contribution in [0.1, 0.15) is 18.2 Å². The molecule has 1 N–H and O–H groups in total. The van der Waals surface area contributed by atoms with Crippen molar-refractivity contribution in [3.63, 3.8) is 0 Å². The van der Waals surface area contributed by atoms with E-state index in [0.717, 1.165) is 35.2 Å². The van der Waals surface area contributed by atoms with Gasteiger partial charge in [-0.3, -0.25) is 9.67 Å². The molecule has 102 valence electrons. The molecule has 2 heterocycles. The molecule has 20 heavy (non-hydrogen) atoms. The predicted octanol–water partition coefficient (Wildman–Crippen LogP) is 3.14. The smallest absolute Gasteiger partial charge is 0.0703 e. The normalized spacial score (nSPS) is 10.9. The average molecular weight is 266 g/mol. The van der Waals surface area contributed by atoms with E-state index >= 15 is 0 Å². The first-order valence-corrected chi connectivity index (χ1v) is 6.86. The van der Waals surface area contributed by atoms with E-state index in [1.165, 1.54) is 5.56 Å². The Kier molecular flexibility index (Phi) is 3.37. The molecule has 4 heteroatoms. The number of anilines is 1. The molecule has 0 radical (unpaired) electrons. The fraction of sp³-hybridized carbons (Fsp3) is 0.250. The number of benzene rings is 1. The fourth-order valence-corrected chi connectivity index (χ4v) is 2.41. The Morgan fingerprint density at radius 3 is 3.00 bits per heavy atom. The standard InChI is InChI=1S/C16H18N4/c1-3-15-13(11-20(2)19-15)10-18-14-6-7-16-12(9-14)5-4-8-17-16/h4-9,11,18H,3,10H2,1-2H3. The molecule has 4 nitrogen and oxygen atoms in total. The molecule has 0 fully saturated rings. The Morgan fingerprint density at radius 2 is 2.15 bits per heavy atom. The van der Waals surface area contributed by atoms with E-state index in [4.69, 9.17) is 0 Å². The van der Waals surface area contributed by atoms with Crippen molar-refractivity contribution >= 4 is 16.6 Å². The van der Waals surface area contributed by atoms with Crippen LogP contribution in [0.4, 0.5) is 5.69 Å². The van der Waals surface area contributed by atoms with E-state index in [0.29, 0.717) is 0 Å². The number of nitrogens with zero attached hydrogens (tertiary/aromatic N) is 3. The van der Waals surface area contributed by atoms with Crippen molar-refractivity contribution < 1.29 is 0 Å². The molecule has 3 aromatic rings. The van der Waals surface area contributed by atoms with Crippen LogP contribution in [0.3, 0.4) is 0 Å². The predicted molar refractivity (Wildman–Crippen MR) is 81.7 cm³/mol. The van der Waals surface area contributed by atoms with Crippen LogP contribution in [0.2, 0.25) is 0 Å². The summed E-state index contributed by atoms with van der Waals surface area (Å²) < 4.78 is 1.88. The Labute approximate surface area is 118 Å². The molecule has 0 saturated heterocycles. The molecule has 0 saturated carbocycles. The van der Waals surface area contributed by atoms with Crippen LogP contribution in [-0.4, -0.2) is 14.8 Å². The molecular formula is C16H18N4.